The van der Waals surface area contributed by atoms with Crippen LogP contribution in [0.4, 0.5) is 4.39 Å². The van der Waals surface area contributed by atoms with Crippen LogP contribution in [0.3, 0.4) is 0 Å². The number of carbonyl (C=O) groups excluding carboxylic acids is 2. The predicted octanol–water partition coefficient (Wildman–Crippen LogP) is 5.62. The second-order valence-corrected chi connectivity index (χ2v) is 8.75. The van der Waals surface area contributed by atoms with Crippen LogP contribution in [0.5, 0.6) is 0 Å². The van der Waals surface area contributed by atoms with Crippen molar-refractivity contribution in [3.8, 4) is 0 Å². The summed E-state index contributed by atoms with van der Waals surface area (Å²) in [7, 11) is 0. The van der Waals surface area contributed by atoms with Gasteiger partial charge in [0.05, 0.1) is 9.72 Å². The fourth-order valence-electron chi connectivity index (χ4n) is 2.81. The Morgan fingerprint density at radius 1 is 1.03 bits per heavy atom. The van der Waals surface area contributed by atoms with E-state index in [1.165, 1.54) is 24.3 Å². The predicted molar refractivity (Wildman–Crippen MR) is 120 cm³/mol. The molecule has 0 saturated carbocycles. The van der Waals surface area contributed by atoms with Crippen molar-refractivity contribution in [3.63, 3.8) is 0 Å². The number of benzene rings is 2. The molecule has 2 atom stereocenters. The van der Waals surface area contributed by atoms with E-state index >= 15 is 0 Å². The fourth-order valence-corrected chi connectivity index (χ4v) is 4.44. The molecule has 0 amide bonds. The summed E-state index contributed by atoms with van der Waals surface area (Å²) in [6.07, 6.45) is 6.52. The molecular weight excluding hydrogens is 471 g/mol. The van der Waals surface area contributed by atoms with Crippen LogP contribution in [0, 0.1) is 5.82 Å². The molecule has 30 heavy (non-hydrogen) atoms. The summed E-state index contributed by atoms with van der Waals surface area (Å²) < 4.78 is 24.5. The third-order valence-corrected chi connectivity index (χ3v) is 6.32. The van der Waals surface area contributed by atoms with Gasteiger partial charge in [0.2, 0.25) is 0 Å². The van der Waals surface area contributed by atoms with E-state index in [2.05, 4.69) is 15.9 Å². The van der Waals surface area contributed by atoms with Gasteiger partial charge in [-0.05, 0) is 69.9 Å². The number of esters is 2. The topological polar surface area (TPSA) is 52.6 Å². The Balaban J connectivity index is 1.62. The maximum absolute atomic E-state index is 13.3. The maximum Gasteiger partial charge on any atom is 0.333 e. The van der Waals surface area contributed by atoms with Crippen molar-refractivity contribution in [1.29, 1.82) is 0 Å². The van der Waals surface area contributed by atoms with Crippen molar-refractivity contribution >= 4 is 51.8 Å². The minimum absolute atomic E-state index is 0.101. The van der Waals surface area contributed by atoms with Crippen LogP contribution in [0.2, 0.25) is 0 Å². The Kier molecular flexibility index (Phi) is 8.28. The number of hydrogen-bond donors (Lipinski definition) is 0. The molecule has 0 aromatic heterocycles. The van der Waals surface area contributed by atoms with Gasteiger partial charge in [-0.25, -0.2) is 14.0 Å². The summed E-state index contributed by atoms with van der Waals surface area (Å²) in [5.41, 5.74) is 1.50. The van der Waals surface area contributed by atoms with Crippen LogP contribution in [0.25, 0.3) is 12.2 Å². The molecule has 0 bridgehead atoms. The lowest BCUT2D eigenvalue weighted by Crippen LogP contribution is -2.31. The molecule has 2 aromatic rings. The van der Waals surface area contributed by atoms with Crippen LogP contribution in [0.15, 0.2) is 65.2 Å². The van der Waals surface area contributed by atoms with Gasteiger partial charge in [0, 0.05) is 12.2 Å². The van der Waals surface area contributed by atoms with E-state index in [1.807, 2.05) is 30.3 Å². The van der Waals surface area contributed by atoms with E-state index in [-0.39, 0.29) is 11.1 Å². The second kappa shape index (κ2) is 11.1. The third-order valence-electron chi connectivity index (χ3n) is 4.30. The van der Waals surface area contributed by atoms with Crippen molar-refractivity contribution < 1.29 is 23.5 Å². The Bertz CT molecular complexity index is 939. The van der Waals surface area contributed by atoms with Gasteiger partial charge < -0.3 is 9.47 Å². The average Bonchev–Trinajstić information content (AvgIpc) is 3.28. The van der Waals surface area contributed by atoms with E-state index in [1.54, 1.807) is 30.0 Å². The first kappa shape index (κ1) is 22.3. The summed E-state index contributed by atoms with van der Waals surface area (Å²) in [5, 5.41) is -0.101. The zero-order chi connectivity index (χ0) is 21.3. The van der Waals surface area contributed by atoms with E-state index in [0.717, 1.165) is 24.2 Å². The van der Waals surface area contributed by atoms with Gasteiger partial charge >= 0.3 is 11.9 Å². The molecule has 7 heteroatoms. The largest absolute Gasteiger partial charge is 0.421 e. The first-order chi connectivity index (χ1) is 14.5. The van der Waals surface area contributed by atoms with Gasteiger partial charge in [0.1, 0.15) is 5.82 Å². The molecule has 2 unspecified atom stereocenters. The molecule has 4 nitrogen and oxygen atoms in total. The third kappa shape index (κ3) is 6.85. The van der Waals surface area contributed by atoms with Gasteiger partial charge in [-0.1, -0.05) is 36.4 Å². The van der Waals surface area contributed by atoms with Gasteiger partial charge in [-0.3, -0.25) is 0 Å². The lowest BCUT2D eigenvalue weighted by Gasteiger charge is -2.21. The van der Waals surface area contributed by atoms with Gasteiger partial charge in [0.25, 0.3) is 6.29 Å². The minimum atomic E-state index is -0.970. The smallest absolute Gasteiger partial charge is 0.333 e. The minimum Gasteiger partial charge on any atom is -0.421 e. The highest BCUT2D eigenvalue weighted by atomic mass is 79.9. The van der Waals surface area contributed by atoms with Crippen LogP contribution >= 0.6 is 27.7 Å². The standard InChI is InChI=1S/C23H20BrFO4S/c24-18-15-17(8-11-19(18)25)10-13-22(27)29-23(20-7-4-14-30-20)28-21(26)12-9-16-5-2-1-3-6-16/h1-3,5-6,8-13,15,20,23H,4,7,14H2. The Morgan fingerprint density at radius 2 is 1.70 bits per heavy atom. The van der Waals surface area contributed by atoms with Crippen molar-refractivity contribution in [1.82, 2.24) is 0 Å². The molecule has 0 radical (unpaired) electrons. The molecule has 156 valence electrons. The van der Waals surface area contributed by atoms with Crippen LogP contribution < -0.4 is 0 Å². The molecule has 0 spiro atoms. The quantitative estimate of drug-likeness (QED) is 0.286. The first-order valence-corrected chi connectivity index (χ1v) is 11.2. The molecule has 1 saturated heterocycles. The average molecular weight is 491 g/mol. The highest BCUT2D eigenvalue weighted by Crippen LogP contribution is 2.31. The summed E-state index contributed by atoms with van der Waals surface area (Å²) in [4.78, 5) is 24.5. The van der Waals surface area contributed by atoms with Crippen molar-refractivity contribution in [2.75, 3.05) is 5.75 Å². The first-order valence-electron chi connectivity index (χ1n) is 9.40. The zero-order valence-corrected chi connectivity index (χ0v) is 18.4. The lowest BCUT2D eigenvalue weighted by molar-refractivity contribution is -0.180. The summed E-state index contributed by atoms with van der Waals surface area (Å²) in [6.45, 7) is 0. The van der Waals surface area contributed by atoms with E-state index in [4.69, 9.17) is 9.47 Å². The molecule has 3 rings (SSSR count). The van der Waals surface area contributed by atoms with Crippen LogP contribution in [-0.4, -0.2) is 29.2 Å². The maximum atomic E-state index is 13.3. The molecule has 0 aliphatic carbocycles. The van der Waals surface area contributed by atoms with Crippen molar-refractivity contribution in [3.05, 3.63) is 82.1 Å². The van der Waals surface area contributed by atoms with E-state index < -0.39 is 18.2 Å². The molecule has 1 aliphatic rings. The van der Waals surface area contributed by atoms with E-state index in [9.17, 15) is 14.0 Å². The molecule has 0 N–H and O–H groups in total. The Labute approximate surface area is 187 Å². The van der Waals surface area contributed by atoms with E-state index in [0.29, 0.717) is 10.0 Å². The summed E-state index contributed by atoms with van der Waals surface area (Å²) in [5.74, 6) is -0.665. The summed E-state index contributed by atoms with van der Waals surface area (Å²) >= 11 is 4.72. The van der Waals surface area contributed by atoms with Gasteiger partial charge in [-0.2, -0.15) is 11.8 Å². The van der Waals surface area contributed by atoms with Gasteiger partial charge in [-0.15, -0.1) is 0 Å². The SMILES string of the molecule is O=C(C=Cc1ccccc1)OC(OC(=O)C=Cc1ccc(F)c(Br)c1)C1CCCS1. The number of carbonyl (C=O) groups is 2. The van der Waals surface area contributed by atoms with Crippen LogP contribution in [0.1, 0.15) is 24.0 Å². The Morgan fingerprint density at radius 3 is 2.30 bits per heavy atom. The van der Waals surface area contributed by atoms with Crippen LogP contribution in [-0.2, 0) is 19.1 Å². The second-order valence-electron chi connectivity index (χ2n) is 6.54. The monoisotopic (exact) mass is 490 g/mol. The number of thioether (sulfide) groups is 1. The normalized spacial score (nSPS) is 17.3. The molecule has 1 heterocycles. The number of ether oxygens (including phenoxy) is 2. The lowest BCUT2D eigenvalue weighted by atomic mass is 10.2. The molecule has 1 fully saturated rings. The fraction of sp³-hybridized carbons (Fsp3) is 0.217. The summed E-state index contributed by atoms with van der Waals surface area (Å²) in [6, 6.07) is 13.8. The zero-order valence-electron chi connectivity index (χ0n) is 16.0. The molecular formula is C23H20BrFO4S. The number of rotatable bonds is 7. The molecule has 1 aliphatic heterocycles. The molecule has 2 aromatic carbocycles. The highest BCUT2D eigenvalue weighted by molar-refractivity contribution is 9.10. The van der Waals surface area contributed by atoms with Crippen molar-refractivity contribution in [2.24, 2.45) is 0 Å². The highest BCUT2D eigenvalue weighted by Gasteiger charge is 2.31. The number of halogens is 2. The Hall–Kier alpha value is -2.38. The number of hydrogen-bond acceptors (Lipinski definition) is 5. The van der Waals surface area contributed by atoms with Gasteiger partial charge in [0.15, 0.2) is 0 Å². The van der Waals surface area contributed by atoms with Crippen molar-refractivity contribution in [2.45, 2.75) is 24.4 Å².